The Morgan fingerprint density at radius 3 is 2.00 bits per heavy atom. The summed E-state index contributed by atoms with van der Waals surface area (Å²) >= 11 is 0. The van der Waals surface area contributed by atoms with Gasteiger partial charge >= 0.3 is 35.5 Å². The van der Waals surface area contributed by atoms with E-state index < -0.39 is 42.1 Å². The first kappa shape index (κ1) is 34.1. The fraction of sp³-hybridized carbons (Fsp3) is 0.281. The van der Waals surface area contributed by atoms with Gasteiger partial charge in [-0.2, -0.15) is 0 Å². The van der Waals surface area contributed by atoms with Crippen LogP contribution in [-0.4, -0.2) is 49.0 Å². The summed E-state index contributed by atoms with van der Waals surface area (Å²) in [5, 5.41) is 32.6. The van der Waals surface area contributed by atoms with Crippen LogP contribution in [0.2, 0.25) is 0 Å². The summed E-state index contributed by atoms with van der Waals surface area (Å²) in [6, 6.07) is 16.4. The van der Waals surface area contributed by atoms with Crippen molar-refractivity contribution in [3.05, 3.63) is 95.9 Å². The topological polar surface area (TPSA) is 125 Å². The smallest absolute Gasteiger partial charge is 1.00 e. The molecule has 222 valence electrons. The zero-order valence-electron chi connectivity index (χ0n) is 25.3. The van der Waals surface area contributed by atoms with Gasteiger partial charge in [0, 0.05) is 29.1 Å². The van der Waals surface area contributed by atoms with Gasteiger partial charge < -0.3 is 26.6 Å². The maximum absolute atomic E-state index is 14.0. The fourth-order valence-corrected chi connectivity index (χ4v) is 5.13. The molecule has 0 saturated carbocycles. The van der Waals surface area contributed by atoms with Crippen molar-refractivity contribution in [2.45, 2.75) is 57.8 Å². The SMILES string of the molecule is CC(C)n1c(CC[C@@H](O)C[C@@H](O)CC(=O)O)c(-c2ccc(F)cc2)c(-c2ccc(F)cc2)c1C(=O)Nc1ccccn1.[H-].[Na+]. The summed E-state index contributed by atoms with van der Waals surface area (Å²) < 4.78 is 29.8. The number of carboxylic acids is 1. The number of carbonyl (C=O) groups excluding carboxylic acids is 1. The molecule has 1 amide bonds. The van der Waals surface area contributed by atoms with Crippen LogP contribution in [0.15, 0.2) is 72.9 Å². The van der Waals surface area contributed by atoms with Crippen LogP contribution in [0.4, 0.5) is 14.6 Å². The van der Waals surface area contributed by atoms with Crippen LogP contribution in [0.3, 0.4) is 0 Å². The van der Waals surface area contributed by atoms with Gasteiger partial charge in [-0.05, 0) is 80.6 Å². The number of aliphatic hydroxyl groups is 2. The van der Waals surface area contributed by atoms with Gasteiger partial charge in [0.1, 0.15) is 23.1 Å². The van der Waals surface area contributed by atoms with Crippen molar-refractivity contribution in [1.29, 1.82) is 0 Å². The molecule has 2 aromatic carbocycles. The third-order valence-electron chi connectivity index (χ3n) is 6.88. The Hall–Kier alpha value is -3.41. The summed E-state index contributed by atoms with van der Waals surface area (Å²) in [4.78, 5) is 29.2. The molecule has 4 N–H and O–H groups in total. The van der Waals surface area contributed by atoms with E-state index in [0.29, 0.717) is 33.8 Å². The number of amides is 1. The number of hydrogen-bond acceptors (Lipinski definition) is 5. The van der Waals surface area contributed by atoms with Gasteiger partial charge in [0.2, 0.25) is 0 Å². The molecule has 0 fully saturated rings. The van der Waals surface area contributed by atoms with E-state index in [2.05, 4.69) is 10.3 Å². The summed E-state index contributed by atoms with van der Waals surface area (Å²) in [6.45, 7) is 3.80. The minimum atomic E-state index is -1.22. The Morgan fingerprint density at radius 2 is 1.49 bits per heavy atom. The van der Waals surface area contributed by atoms with Crippen LogP contribution < -0.4 is 34.9 Å². The minimum Gasteiger partial charge on any atom is -1.00 e. The number of aromatic nitrogens is 2. The summed E-state index contributed by atoms with van der Waals surface area (Å²) in [6.07, 6.45) is -0.960. The molecule has 0 bridgehead atoms. The number of rotatable bonds is 12. The number of pyridine rings is 1. The standard InChI is InChI=1S/C32H33F2N3O5.Na.H/c1-19(2)37-26(15-14-24(38)17-25(39)18-28(40)41)29(20-6-10-22(33)11-7-20)30(21-8-12-23(34)13-9-21)31(37)32(42)36-27-5-3-4-16-35-27;;/h3-13,16,19,24-25,38-39H,14-15,17-18H2,1-2H3,(H,40,41)(H,35,36,42);;/q;+1;-1/t24-,25-;;/m1../s1. The molecule has 0 spiro atoms. The van der Waals surface area contributed by atoms with E-state index in [-0.39, 0.29) is 62.0 Å². The molecular weight excluding hydrogens is 567 g/mol. The Morgan fingerprint density at radius 1 is 0.907 bits per heavy atom. The number of nitrogens with zero attached hydrogens (tertiary/aromatic N) is 2. The van der Waals surface area contributed by atoms with E-state index in [0.717, 1.165) is 0 Å². The molecule has 0 radical (unpaired) electrons. The number of aliphatic carboxylic acids is 1. The minimum absolute atomic E-state index is 0. The van der Waals surface area contributed by atoms with Crippen molar-refractivity contribution in [3.8, 4) is 22.3 Å². The van der Waals surface area contributed by atoms with E-state index in [4.69, 9.17) is 5.11 Å². The maximum atomic E-state index is 14.0. The molecule has 4 rings (SSSR count). The Kier molecular flexibility index (Phi) is 12.2. The van der Waals surface area contributed by atoms with E-state index in [9.17, 15) is 28.6 Å². The van der Waals surface area contributed by atoms with Crippen LogP contribution >= 0.6 is 0 Å². The summed E-state index contributed by atoms with van der Waals surface area (Å²) in [5.74, 6) is -2.20. The first-order valence-corrected chi connectivity index (χ1v) is 13.6. The van der Waals surface area contributed by atoms with Gasteiger partial charge in [-0.25, -0.2) is 13.8 Å². The molecule has 0 aliphatic rings. The normalized spacial score (nSPS) is 12.4. The molecule has 4 aromatic rings. The molecule has 43 heavy (non-hydrogen) atoms. The second-order valence-electron chi connectivity index (χ2n) is 10.4. The maximum Gasteiger partial charge on any atom is 1.00 e. The predicted octanol–water partition coefficient (Wildman–Crippen LogP) is 2.96. The molecule has 2 atom stereocenters. The molecule has 2 heterocycles. The van der Waals surface area contributed by atoms with Crippen molar-refractivity contribution in [1.82, 2.24) is 9.55 Å². The zero-order chi connectivity index (χ0) is 30.4. The van der Waals surface area contributed by atoms with Gasteiger partial charge in [-0.15, -0.1) is 0 Å². The first-order chi connectivity index (χ1) is 20.0. The summed E-state index contributed by atoms with van der Waals surface area (Å²) in [5.41, 5.74) is 3.21. The third kappa shape index (κ3) is 8.58. The molecule has 2 aromatic heterocycles. The van der Waals surface area contributed by atoms with Crippen LogP contribution in [0, 0.1) is 11.6 Å². The average Bonchev–Trinajstić information content (AvgIpc) is 3.28. The van der Waals surface area contributed by atoms with Crippen molar-refractivity contribution in [2.24, 2.45) is 0 Å². The van der Waals surface area contributed by atoms with Crippen LogP contribution in [-0.2, 0) is 11.2 Å². The third-order valence-corrected chi connectivity index (χ3v) is 6.88. The quantitative estimate of drug-likeness (QED) is 0.185. The number of carboxylic acid groups (broad SMARTS) is 1. The fourth-order valence-electron chi connectivity index (χ4n) is 5.13. The molecule has 0 unspecified atom stereocenters. The van der Waals surface area contributed by atoms with Crippen molar-refractivity contribution >= 4 is 17.7 Å². The first-order valence-electron chi connectivity index (χ1n) is 13.6. The molecule has 0 saturated heterocycles. The monoisotopic (exact) mass is 601 g/mol. The second kappa shape index (κ2) is 15.4. The van der Waals surface area contributed by atoms with Gasteiger partial charge in [-0.1, -0.05) is 30.3 Å². The van der Waals surface area contributed by atoms with E-state index in [1.54, 1.807) is 48.7 Å². The molecule has 0 aliphatic carbocycles. The van der Waals surface area contributed by atoms with Gasteiger partial charge in [-0.3, -0.25) is 9.59 Å². The number of aliphatic hydroxyl groups excluding tert-OH is 2. The van der Waals surface area contributed by atoms with Gasteiger partial charge in [0.25, 0.3) is 5.91 Å². The number of halogens is 2. The molecule has 0 aliphatic heterocycles. The van der Waals surface area contributed by atoms with Gasteiger partial charge in [0.15, 0.2) is 0 Å². The van der Waals surface area contributed by atoms with Crippen LogP contribution in [0.25, 0.3) is 22.3 Å². The Bertz CT molecular complexity index is 1530. The number of hydrogen-bond donors (Lipinski definition) is 4. The predicted molar refractivity (Wildman–Crippen MR) is 156 cm³/mol. The largest absolute Gasteiger partial charge is 1.00 e. The number of benzene rings is 2. The number of nitrogens with one attached hydrogen (secondary N) is 1. The molecule has 11 heteroatoms. The van der Waals surface area contributed by atoms with E-state index in [1.807, 2.05) is 18.4 Å². The zero-order valence-corrected chi connectivity index (χ0v) is 26.3. The number of carbonyl (C=O) groups is 2. The second-order valence-corrected chi connectivity index (χ2v) is 10.4. The molecule has 8 nitrogen and oxygen atoms in total. The van der Waals surface area contributed by atoms with Crippen molar-refractivity contribution < 1.29 is 64.7 Å². The van der Waals surface area contributed by atoms with Crippen LogP contribution in [0.5, 0.6) is 0 Å². The Balaban J connectivity index is 0.00000337. The summed E-state index contributed by atoms with van der Waals surface area (Å²) in [7, 11) is 0. The van der Waals surface area contributed by atoms with E-state index in [1.165, 1.54) is 24.3 Å². The van der Waals surface area contributed by atoms with Gasteiger partial charge in [0.05, 0.1) is 18.6 Å². The van der Waals surface area contributed by atoms with Crippen molar-refractivity contribution in [3.63, 3.8) is 0 Å². The average molecular weight is 602 g/mol. The number of anilines is 1. The molecular formula is C32H34F2N3NaO5. The van der Waals surface area contributed by atoms with Crippen molar-refractivity contribution in [2.75, 3.05) is 5.32 Å². The van der Waals surface area contributed by atoms with Crippen LogP contribution in [0.1, 0.15) is 56.8 Å². The Labute approximate surface area is 272 Å². The van der Waals surface area contributed by atoms with E-state index >= 15 is 0 Å².